The fourth-order valence-corrected chi connectivity index (χ4v) is 2.74. The van der Waals surface area contributed by atoms with Gasteiger partial charge in [-0.25, -0.2) is 4.39 Å². The number of hydrogen-bond donors (Lipinski definition) is 1. The van der Waals surface area contributed by atoms with E-state index in [0.717, 1.165) is 37.5 Å². The summed E-state index contributed by atoms with van der Waals surface area (Å²) in [4.78, 5) is 2.21. The number of nitrogens with one attached hydrogen (secondary N) is 1. The van der Waals surface area contributed by atoms with Gasteiger partial charge in [-0.2, -0.15) is 0 Å². The van der Waals surface area contributed by atoms with E-state index in [1.165, 1.54) is 5.56 Å². The normalized spacial score (nSPS) is 17.4. The van der Waals surface area contributed by atoms with Gasteiger partial charge in [0.15, 0.2) is 0 Å². The molecule has 0 aliphatic carbocycles. The molecule has 0 bridgehead atoms. The number of ether oxygens (including phenoxy) is 1. The molecule has 0 amide bonds. The zero-order valence-corrected chi connectivity index (χ0v) is 13.9. The minimum absolute atomic E-state index is 0. The quantitative estimate of drug-likeness (QED) is 0.903. The van der Waals surface area contributed by atoms with Gasteiger partial charge in [0.2, 0.25) is 0 Å². The van der Waals surface area contributed by atoms with Crippen molar-refractivity contribution in [2.45, 2.75) is 25.8 Å². The van der Waals surface area contributed by atoms with Crippen LogP contribution >= 0.6 is 12.4 Å². The number of rotatable bonds is 5. The SMILES string of the molecule is COc1ccc(C(C)C)cc1[C@@H](CF)N1CCNCC1.Cl. The van der Waals surface area contributed by atoms with E-state index in [0.29, 0.717) is 5.92 Å². The lowest BCUT2D eigenvalue weighted by Crippen LogP contribution is -2.45. The highest BCUT2D eigenvalue weighted by molar-refractivity contribution is 5.85. The maximum atomic E-state index is 13.7. The molecule has 0 aromatic heterocycles. The summed E-state index contributed by atoms with van der Waals surface area (Å²) in [5, 5.41) is 3.31. The lowest BCUT2D eigenvalue weighted by atomic mass is 9.96. The van der Waals surface area contributed by atoms with Crippen molar-refractivity contribution in [2.75, 3.05) is 40.0 Å². The minimum atomic E-state index is -0.377. The molecule has 2 rings (SSSR count). The second kappa shape index (κ2) is 8.57. The standard InChI is InChI=1S/C16H25FN2O.ClH/c1-12(2)13-4-5-16(20-3)14(10-13)15(11-17)19-8-6-18-7-9-19;/h4-5,10,12,15,18H,6-9,11H2,1-3H3;1H/t15-;/m1./s1. The van der Waals surface area contributed by atoms with Crippen LogP contribution in [0.1, 0.15) is 36.9 Å². The van der Waals surface area contributed by atoms with E-state index in [9.17, 15) is 4.39 Å². The largest absolute Gasteiger partial charge is 0.496 e. The Labute approximate surface area is 133 Å². The average molecular weight is 317 g/mol. The molecule has 5 heteroatoms. The zero-order chi connectivity index (χ0) is 14.5. The van der Waals surface area contributed by atoms with Gasteiger partial charge in [0.25, 0.3) is 0 Å². The van der Waals surface area contributed by atoms with Crippen molar-refractivity contribution in [3.8, 4) is 5.75 Å². The molecule has 1 heterocycles. The molecule has 120 valence electrons. The Kier molecular flexibility index (Phi) is 7.43. The van der Waals surface area contributed by atoms with Crippen LogP contribution in [-0.2, 0) is 0 Å². The van der Waals surface area contributed by atoms with E-state index in [1.54, 1.807) is 7.11 Å². The molecular formula is C16H26ClFN2O. The lowest BCUT2D eigenvalue weighted by molar-refractivity contribution is 0.145. The van der Waals surface area contributed by atoms with E-state index < -0.39 is 0 Å². The van der Waals surface area contributed by atoms with Gasteiger partial charge < -0.3 is 10.1 Å². The number of benzene rings is 1. The van der Waals surface area contributed by atoms with Crippen molar-refractivity contribution in [3.63, 3.8) is 0 Å². The van der Waals surface area contributed by atoms with Gasteiger partial charge in [0.1, 0.15) is 12.4 Å². The number of hydrogen-bond acceptors (Lipinski definition) is 3. The van der Waals surface area contributed by atoms with Crippen LogP contribution < -0.4 is 10.1 Å². The maximum absolute atomic E-state index is 13.7. The highest BCUT2D eigenvalue weighted by atomic mass is 35.5. The van der Waals surface area contributed by atoms with Crippen LogP contribution in [-0.4, -0.2) is 44.9 Å². The summed E-state index contributed by atoms with van der Waals surface area (Å²) in [6.45, 7) is 7.53. The molecule has 0 radical (unpaired) electrons. The smallest absolute Gasteiger partial charge is 0.123 e. The molecule has 0 unspecified atom stereocenters. The van der Waals surface area contributed by atoms with Gasteiger partial charge in [-0.15, -0.1) is 12.4 Å². The van der Waals surface area contributed by atoms with Crippen molar-refractivity contribution in [1.82, 2.24) is 10.2 Å². The van der Waals surface area contributed by atoms with E-state index >= 15 is 0 Å². The number of nitrogens with zero attached hydrogens (tertiary/aromatic N) is 1. The van der Waals surface area contributed by atoms with E-state index in [1.807, 2.05) is 6.07 Å². The van der Waals surface area contributed by atoms with E-state index in [4.69, 9.17) is 4.74 Å². The van der Waals surface area contributed by atoms with Crippen molar-refractivity contribution in [2.24, 2.45) is 0 Å². The molecule has 0 spiro atoms. The molecule has 0 saturated carbocycles. The van der Waals surface area contributed by atoms with Crippen molar-refractivity contribution < 1.29 is 9.13 Å². The van der Waals surface area contributed by atoms with E-state index in [-0.39, 0.29) is 25.1 Å². The molecule has 21 heavy (non-hydrogen) atoms. The Morgan fingerprint density at radius 1 is 1.29 bits per heavy atom. The van der Waals surface area contributed by atoms with Crippen LogP contribution in [0, 0.1) is 0 Å². The van der Waals surface area contributed by atoms with Crippen molar-refractivity contribution in [1.29, 1.82) is 0 Å². The second-order valence-electron chi connectivity index (χ2n) is 5.61. The first-order chi connectivity index (χ1) is 9.67. The zero-order valence-electron chi connectivity index (χ0n) is 13.1. The monoisotopic (exact) mass is 316 g/mol. The topological polar surface area (TPSA) is 24.5 Å². The Hall–Kier alpha value is -0.840. The van der Waals surface area contributed by atoms with Crippen LogP contribution in [0.3, 0.4) is 0 Å². The maximum Gasteiger partial charge on any atom is 0.123 e. The van der Waals surface area contributed by atoms with Crippen LogP contribution in [0.15, 0.2) is 18.2 Å². The first-order valence-corrected chi connectivity index (χ1v) is 7.36. The molecule has 3 nitrogen and oxygen atoms in total. The second-order valence-corrected chi connectivity index (χ2v) is 5.61. The number of methoxy groups -OCH3 is 1. The first-order valence-electron chi connectivity index (χ1n) is 7.36. The summed E-state index contributed by atoms with van der Waals surface area (Å²) in [6.07, 6.45) is 0. The molecular weight excluding hydrogens is 291 g/mol. The predicted octanol–water partition coefficient (Wildman–Crippen LogP) is 3.16. The highest BCUT2D eigenvalue weighted by Gasteiger charge is 2.25. The lowest BCUT2D eigenvalue weighted by Gasteiger charge is -2.34. The molecule has 1 aromatic rings. The van der Waals surface area contributed by atoms with Gasteiger partial charge in [-0.1, -0.05) is 26.0 Å². The summed E-state index contributed by atoms with van der Waals surface area (Å²) >= 11 is 0. The summed E-state index contributed by atoms with van der Waals surface area (Å²) in [7, 11) is 1.65. The fourth-order valence-electron chi connectivity index (χ4n) is 2.74. The van der Waals surface area contributed by atoms with Crippen molar-refractivity contribution >= 4 is 12.4 Å². The number of halogens is 2. The van der Waals surface area contributed by atoms with Gasteiger partial charge in [-0.05, 0) is 17.5 Å². The molecule has 1 aromatic carbocycles. The van der Waals surface area contributed by atoms with Crippen LogP contribution in [0.2, 0.25) is 0 Å². The van der Waals surface area contributed by atoms with Crippen LogP contribution in [0.25, 0.3) is 0 Å². The fraction of sp³-hybridized carbons (Fsp3) is 0.625. The third-order valence-electron chi connectivity index (χ3n) is 4.02. The van der Waals surface area contributed by atoms with Gasteiger partial charge in [-0.3, -0.25) is 4.90 Å². The Balaban J connectivity index is 0.00000220. The van der Waals surface area contributed by atoms with Gasteiger partial charge in [0.05, 0.1) is 13.2 Å². The number of piperazine rings is 1. The van der Waals surface area contributed by atoms with Crippen LogP contribution in [0.5, 0.6) is 5.75 Å². The third kappa shape index (κ3) is 4.31. The summed E-state index contributed by atoms with van der Waals surface area (Å²) in [5.74, 6) is 1.22. The summed E-state index contributed by atoms with van der Waals surface area (Å²) < 4.78 is 19.1. The van der Waals surface area contributed by atoms with E-state index in [2.05, 4.69) is 36.2 Å². The Morgan fingerprint density at radius 3 is 2.48 bits per heavy atom. The molecule has 1 aliphatic rings. The van der Waals surface area contributed by atoms with Crippen LogP contribution in [0.4, 0.5) is 4.39 Å². The summed E-state index contributed by atoms with van der Waals surface area (Å²) in [6, 6.07) is 5.94. The molecule has 1 fully saturated rings. The summed E-state index contributed by atoms with van der Waals surface area (Å²) in [5.41, 5.74) is 2.21. The molecule has 1 N–H and O–H groups in total. The first kappa shape index (κ1) is 18.2. The van der Waals surface area contributed by atoms with Gasteiger partial charge in [0, 0.05) is 31.7 Å². The minimum Gasteiger partial charge on any atom is -0.496 e. The third-order valence-corrected chi connectivity index (χ3v) is 4.02. The molecule has 1 atom stereocenters. The Morgan fingerprint density at radius 2 is 1.95 bits per heavy atom. The average Bonchev–Trinajstić information content (AvgIpc) is 2.49. The van der Waals surface area contributed by atoms with Crippen molar-refractivity contribution in [3.05, 3.63) is 29.3 Å². The van der Waals surface area contributed by atoms with Gasteiger partial charge >= 0.3 is 0 Å². The molecule has 1 saturated heterocycles. The Bertz CT molecular complexity index is 436. The highest BCUT2D eigenvalue weighted by Crippen LogP contribution is 2.32. The predicted molar refractivity (Wildman–Crippen MR) is 87.5 cm³/mol. The number of alkyl halides is 1. The molecule has 1 aliphatic heterocycles.